The second-order valence-corrected chi connectivity index (χ2v) is 11.6. The Kier molecular flexibility index (Phi) is 5.07. The van der Waals surface area contributed by atoms with Crippen molar-refractivity contribution in [3.05, 3.63) is 0 Å². The highest BCUT2D eigenvalue weighted by molar-refractivity contribution is 6.44. The summed E-state index contributed by atoms with van der Waals surface area (Å²) < 4.78 is 17.3. The summed E-state index contributed by atoms with van der Waals surface area (Å²) in [5.74, 6) is -4.30. The highest BCUT2D eigenvalue weighted by Gasteiger charge is 2.85. The molecular formula is C26H32O9. The molecule has 0 aromatic heterocycles. The number of carbonyl (C=O) groups is 6. The molecule has 0 bridgehead atoms. The molecule has 9 nitrogen and oxygen atoms in total. The quantitative estimate of drug-likeness (QED) is 0.251. The van der Waals surface area contributed by atoms with Crippen molar-refractivity contribution < 1.29 is 43.0 Å². The summed E-state index contributed by atoms with van der Waals surface area (Å²) in [5.41, 5.74) is -4.27. The van der Waals surface area contributed by atoms with Crippen LogP contribution in [0, 0.1) is 34.5 Å². The van der Waals surface area contributed by atoms with Crippen LogP contribution in [0.3, 0.4) is 0 Å². The van der Waals surface area contributed by atoms with Crippen LogP contribution in [0.25, 0.3) is 0 Å². The number of hydrogen-bond donors (Lipinski definition) is 0. The molecule has 1 saturated heterocycles. The largest absolute Gasteiger partial charge is 0.458 e. The molecule has 190 valence electrons. The van der Waals surface area contributed by atoms with Gasteiger partial charge in [0, 0.05) is 31.1 Å². The van der Waals surface area contributed by atoms with E-state index < -0.39 is 76.4 Å². The molecule has 1 aliphatic heterocycles. The molecule has 4 aliphatic carbocycles. The van der Waals surface area contributed by atoms with Crippen LogP contribution in [-0.2, 0) is 43.0 Å². The van der Waals surface area contributed by atoms with Crippen molar-refractivity contribution in [1.29, 1.82) is 0 Å². The number of esters is 2. The van der Waals surface area contributed by atoms with E-state index in [1.54, 1.807) is 6.92 Å². The summed E-state index contributed by atoms with van der Waals surface area (Å²) in [5, 5.41) is 0. The average molecular weight is 489 g/mol. The van der Waals surface area contributed by atoms with Crippen LogP contribution < -0.4 is 0 Å². The van der Waals surface area contributed by atoms with Crippen molar-refractivity contribution >= 4 is 35.1 Å². The van der Waals surface area contributed by atoms with Crippen LogP contribution in [0.15, 0.2) is 0 Å². The Morgan fingerprint density at radius 1 is 1.03 bits per heavy atom. The minimum Gasteiger partial charge on any atom is -0.458 e. The number of carbonyl (C=O) groups excluding carboxylic acids is 6. The summed E-state index contributed by atoms with van der Waals surface area (Å²) in [7, 11) is 0. The van der Waals surface area contributed by atoms with E-state index >= 15 is 0 Å². The van der Waals surface area contributed by atoms with Gasteiger partial charge in [-0.05, 0) is 44.4 Å². The number of ether oxygens (including phenoxy) is 3. The van der Waals surface area contributed by atoms with E-state index in [2.05, 4.69) is 0 Å². The molecule has 4 saturated carbocycles. The Hall–Kier alpha value is -2.42. The van der Waals surface area contributed by atoms with Gasteiger partial charge in [0.05, 0.1) is 17.9 Å². The van der Waals surface area contributed by atoms with Gasteiger partial charge in [0.2, 0.25) is 17.3 Å². The van der Waals surface area contributed by atoms with E-state index in [9.17, 15) is 28.8 Å². The maximum Gasteiger partial charge on any atom is 0.303 e. The number of epoxide rings is 1. The van der Waals surface area contributed by atoms with Crippen molar-refractivity contribution in [1.82, 2.24) is 0 Å². The third-order valence-corrected chi connectivity index (χ3v) is 10.3. The Morgan fingerprint density at radius 2 is 1.71 bits per heavy atom. The van der Waals surface area contributed by atoms with Crippen LogP contribution in [0.4, 0.5) is 0 Å². The lowest BCUT2D eigenvalue weighted by molar-refractivity contribution is -0.195. The number of Topliss-reactive ketones (excluding diaryl/α,β-unsaturated/α-hetero) is 4. The van der Waals surface area contributed by atoms with E-state index in [-0.39, 0.29) is 23.5 Å². The van der Waals surface area contributed by atoms with Gasteiger partial charge in [0.15, 0.2) is 12.2 Å². The first-order valence-electron chi connectivity index (χ1n) is 12.4. The molecule has 5 aliphatic rings. The SMILES string of the molecule is CC(=O)OCC(=O)[C@@]1(OC(C)=O)[C@H](C)C[C@H]2[C@@H]3CCC4C(=O)C(=O)CC(=O)[C@]4(C)[C@@]34O[C@H]4C[C@@]21C. The lowest BCUT2D eigenvalue weighted by atomic mass is 9.43. The zero-order valence-corrected chi connectivity index (χ0v) is 20.8. The molecule has 35 heavy (non-hydrogen) atoms. The van der Waals surface area contributed by atoms with Gasteiger partial charge >= 0.3 is 11.9 Å². The molecule has 0 aromatic rings. The van der Waals surface area contributed by atoms with Gasteiger partial charge in [-0.1, -0.05) is 13.8 Å². The molecule has 1 unspecified atom stereocenters. The maximum absolute atomic E-state index is 13.6. The van der Waals surface area contributed by atoms with Crippen LogP contribution in [0.1, 0.15) is 66.7 Å². The monoisotopic (exact) mass is 488 g/mol. The summed E-state index contributed by atoms with van der Waals surface area (Å²) in [6.45, 7) is 7.58. The molecule has 0 N–H and O–H groups in total. The zero-order chi connectivity index (χ0) is 25.7. The van der Waals surface area contributed by atoms with Crippen LogP contribution in [0.5, 0.6) is 0 Å². The predicted octanol–water partition coefficient (Wildman–Crippen LogP) is 1.77. The van der Waals surface area contributed by atoms with Crippen molar-refractivity contribution in [2.75, 3.05) is 6.61 Å². The summed E-state index contributed by atoms with van der Waals surface area (Å²) in [4.78, 5) is 75.8. The van der Waals surface area contributed by atoms with Gasteiger partial charge in [-0.2, -0.15) is 0 Å². The van der Waals surface area contributed by atoms with Crippen molar-refractivity contribution in [2.24, 2.45) is 34.5 Å². The maximum atomic E-state index is 13.6. The third kappa shape index (κ3) is 2.73. The van der Waals surface area contributed by atoms with E-state index in [1.807, 2.05) is 13.8 Å². The fourth-order valence-corrected chi connectivity index (χ4v) is 8.91. The molecule has 1 spiro atoms. The average Bonchev–Trinajstić information content (AvgIpc) is 3.44. The first-order chi connectivity index (χ1) is 16.3. The van der Waals surface area contributed by atoms with E-state index in [0.717, 1.165) is 0 Å². The normalized spacial score (nSPS) is 47.7. The molecule has 9 heteroatoms. The molecule has 0 radical (unpaired) electrons. The molecule has 5 rings (SSSR count). The first kappa shape index (κ1) is 24.3. The smallest absolute Gasteiger partial charge is 0.303 e. The third-order valence-electron chi connectivity index (χ3n) is 10.3. The minimum absolute atomic E-state index is 0.129. The van der Waals surface area contributed by atoms with Crippen LogP contribution >= 0.6 is 0 Å². The molecule has 0 aromatic carbocycles. The predicted molar refractivity (Wildman–Crippen MR) is 118 cm³/mol. The Balaban J connectivity index is 1.58. The second-order valence-electron chi connectivity index (χ2n) is 11.6. The topological polar surface area (TPSA) is 133 Å². The van der Waals surface area contributed by atoms with Gasteiger partial charge < -0.3 is 14.2 Å². The molecule has 0 amide bonds. The van der Waals surface area contributed by atoms with Crippen molar-refractivity contribution in [3.63, 3.8) is 0 Å². The van der Waals surface area contributed by atoms with Gasteiger partial charge in [-0.25, -0.2) is 0 Å². The lowest BCUT2D eigenvalue weighted by Crippen LogP contribution is -2.68. The highest BCUT2D eigenvalue weighted by atomic mass is 16.6. The van der Waals surface area contributed by atoms with Gasteiger partial charge in [0.1, 0.15) is 11.4 Å². The molecule has 1 heterocycles. The zero-order valence-electron chi connectivity index (χ0n) is 20.8. The van der Waals surface area contributed by atoms with Crippen molar-refractivity contribution in [3.8, 4) is 0 Å². The second kappa shape index (κ2) is 7.31. The standard InChI is InChI=1S/C26H32O9/c1-12-8-17-15-6-7-16-22(32)18(29)9-19(30)24(16,5)26(15)21(35-26)10-23(17,4)25(12,34-14(3)28)20(31)11-33-13(2)27/h12,15-17,21H,6-11H2,1-5H3/t12-,15+,16?,17+,21+,23+,24-,25+,26-/m1/s1. The minimum atomic E-state index is -1.50. The number of ketones is 4. The van der Waals surface area contributed by atoms with Crippen LogP contribution in [-0.4, -0.2) is 59.0 Å². The summed E-state index contributed by atoms with van der Waals surface area (Å²) in [6, 6.07) is 0. The first-order valence-corrected chi connectivity index (χ1v) is 12.4. The lowest BCUT2D eigenvalue weighted by Gasteiger charge is -2.57. The van der Waals surface area contributed by atoms with E-state index in [4.69, 9.17) is 14.2 Å². The Labute approximate surface area is 203 Å². The Morgan fingerprint density at radius 3 is 2.34 bits per heavy atom. The molecule has 9 atom stereocenters. The molecular weight excluding hydrogens is 456 g/mol. The number of hydrogen-bond acceptors (Lipinski definition) is 9. The number of rotatable bonds is 4. The summed E-state index contributed by atoms with van der Waals surface area (Å²) >= 11 is 0. The number of fused-ring (bicyclic) bond motifs is 3. The van der Waals surface area contributed by atoms with E-state index in [0.29, 0.717) is 25.7 Å². The summed E-state index contributed by atoms with van der Waals surface area (Å²) in [6.07, 6.45) is 1.08. The van der Waals surface area contributed by atoms with Gasteiger partial charge in [-0.15, -0.1) is 0 Å². The Bertz CT molecular complexity index is 1080. The fourth-order valence-electron chi connectivity index (χ4n) is 8.91. The fraction of sp³-hybridized carbons (Fsp3) is 0.769. The van der Waals surface area contributed by atoms with Gasteiger partial charge in [0.25, 0.3) is 0 Å². The van der Waals surface area contributed by atoms with Crippen molar-refractivity contribution in [2.45, 2.75) is 84.0 Å². The van der Waals surface area contributed by atoms with Gasteiger partial charge in [-0.3, -0.25) is 28.8 Å². The van der Waals surface area contributed by atoms with Crippen LogP contribution in [0.2, 0.25) is 0 Å². The van der Waals surface area contributed by atoms with E-state index in [1.165, 1.54) is 13.8 Å². The highest BCUT2D eigenvalue weighted by Crippen LogP contribution is 2.77. The molecule has 5 fully saturated rings.